The molecule has 0 radical (unpaired) electrons. The molecule has 1 fully saturated rings. The lowest BCUT2D eigenvalue weighted by Gasteiger charge is -2.29. The van der Waals surface area contributed by atoms with Gasteiger partial charge in [0.2, 0.25) is 0 Å². The van der Waals surface area contributed by atoms with Crippen molar-refractivity contribution in [1.29, 1.82) is 0 Å². The molecule has 1 aromatic heterocycles. The van der Waals surface area contributed by atoms with Gasteiger partial charge in [-0.3, -0.25) is 0 Å². The van der Waals surface area contributed by atoms with Gasteiger partial charge in [0, 0.05) is 24.3 Å². The van der Waals surface area contributed by atoms with Crippen molar-refractivity contribution < 1.29 is 9.47 Å². The minimum atomic E-state index is 0.444. The highest BCUT2D eigenvalue weighted by Crippen LogP contribution is 2.34. The van der Waals surface area contributed by atoms with Crippen molar-refractivity contribution in [3.05, 3.63) is 65.2 Å². The first kappa shape index (κ1) is 20.3. The number of fused-ring (bicyclic) bond motifs is 1. The van der Waals surface area contributed by atoms with E-state index in [1.54, 1.807) is 0 Å². The van der Waals surface area contributed by atoms with Gasteiger partial charge in [-0.25, -0.2) is 0 Å². The summed E-state index contributed by atoms with van der Waals surface area (Å²) in [4.78, 5) is 10.2. The number of halogens is 1. The smallest absolute Gasteiger partial charge is 0.300 e. The molecule has 4 aromatic rings. The summed E-state index contributed by atoms with van der Waals surface area (Å²) in [5.41, 5.74) is 6.05. The molecular weight excluding hydrogens is 429 g/mol. The van der Waals surface area contributed by atoms with Crippen LogP contribution in [0, 0.1) is 6.92 Å². The fourth-order valence-corrected chi connectivity index (χ4v) is 4.28. The molecule has 1 saturated heterocycles. The van der Waals surface area contributed by atoms with Crippen LogP contribution in [0.3, 0.4) is 0 Å². The second-order valence-corrected chi connectivity index (χ2v) is 8.69. The Hall–Kier alpha value is -2.59. The van der Waals surface area contributed by atoms with Gasteiger partial charge in [-0.15, -0.1) is 9.24 Å². The average molecular weight is 452 g/mol. The van der Waals surface area contributed by atoms with Gasteiger partial charge in [0.1, 0.15) is 5.75 Å². The zero-order valence-electron chi connectivity index (χ0n) is 17.2. The largest absolute Gasteiger partial charge is 0.426 e. The predicted octanol–water partition coefficient (Wildman–Crippen LogP) is 5.32. The van der Waals surface area contributed by atoms with Crippen molar-refractivity contribution in [2.75, 3.05) is 31.2 Å². The normalized spacial score (nSPS) is 14.2. The number of hydrogen-bond acceptors (Lipinski definition) is 4. The van der Waals surface area contributed by atoms with Crippen molar-refractivity contribution >= 4 is 42.9 Å². The first-order valence-electron chi connectivity index (χ1n) is 10.2. The second kappa shape index (κ2) is 8.51. The Kier molecular flexibility index (Phi) is 5.58. The second-order valence-electron chi connectivity index (χ2n) is 7.66. The Labute approximate surface area is 188 Å². The van der Waals surface area contributed by atoms with Crippen LogP contribution in [-0.2, 0) is 4.74 Å². The summed E-state index contributed by atoms with van der Waals surface area (Å²) in [6, 6.07) is 18.8. The van der Waals surface area contributed by atoms with E-state index in [1.807, 2.05) is 30.3 Å². The number of nitrogens with one attached hydrogen (secondary N) is 1. The van der Waals surface area contributed by atoms with Gasteiger partial charge in [-0.2, -0.15) is 4.98 Å². The number of aromatic nitrogens is 2. The van der Waals surface area contributed by atoms with Crippen LogP contribution in [0.4, 0.5) is 5.69 Å². The predicted molar refractivity (Wildman–Crippen MR) is 130 cm³/mol. The molecule has 0 spiro atoms. The Morgan fingerprint density at radius 1 is 1.06 bits per heavy atom. The van der Waals surface area contributed by atoms with E-state index in [9.17, 15) is 0 Å². The van der Waals surface area contributed by atoms with Gasteiger partial charge in [-0.1, -0.05) is 29.8 Å². The van der Waals surface area contributed by atoms with Crippen molar-refractivity contribution in [1.82, 2.24) is 9.97 Å². The molecule has 0 bridgehead atoms. The third-order valence-electron chi connectivity index (χ3n) is 5.57. The quantitative estimate of drug-likeness (QED) is 0.426. The van der Waals surface area contributed by atoms with Crippen LogP contribution < -0.4 is 14.9 Å². The number of imidazole rings is 1. The summed E-state index contributed by atoms with van der Waals surface area (Å²) < 4.78 is 11.4. The first-order valence-corrected chi connectivity index (χ1v) is 11.2. The summed E-state index contributed by atoms with van der Waals surface area (Å²) in [6.45, 7) is 5.44. The molecule has 1 unspecified atom stereocenters. The molecule has 1 aliphatic rings. The Morgan fingerprint density at radius 2 is 1.84 bits per heavy atom. The standard InChI is InChI=1S/C24H23ClN3O2P/c1-15-2-7-18(12-23(15)31)30-24-26-21-13-19(20(25)14-22(21)27-24)16-3-5-17(6-4-16)28-8-10-29-11-9-28/h2-7,12-14H,8-11,31H2,1H3,(H,26,27). The van der Waals surface area contributed by atoms with Gasteiger partial charge < -0.3 is 19.4 Å². The van der Waals surface area contributed by atoms with E-state index >= 15 is 0 Å². The number of H-pyrrole nitrogens is 1. The molecule has 1 atom stereocenters. The highest BCUT2D eigenvalue weighted by atomic mass is 35.5. The molecule has 5 rings (SSSR count). The van der Waals surface area contributed by atoms with Crippen LogP contribution in [0.2, 0.25) is 5.02 Å². The van der Waals surface area contributed by atoms with E-state index in [4.69, 9.17) is 21.1 Å². The zero-order valence-corrected chi connectivity index (χ0v) is 19.1. The third kappa shape index (κ3) is 4.27. The van der Waals surface area contributed by atoms with E-state index < -0.39 is 0 Å². The van der Waals surface area contributed by atoms with Crippen molar-refractivity contribution in [2.24, 2.45) is 0 Å². The SMILES string of the molecule is Cc1ccc(Oc2nc3cc(-c4ccc(N5CCOCC5)cc4)c(Cl)cc3[nH]2)cc1P. The fraction of sp³-hybridized carbons (Fsp3) is 0.208. The fourth-order valence-electron chi connectivity index (χ4n) is 3.74. The highest BCUT2D eigenvalue weighted by Gasteiger charge is 2.14. The topological polar surface area (TPSA) is 50.4 Å². The Balaban J connectivity index is 1.41. The number of anilines is 1. The maximum Gasteiger partial charge on any atom is 0.300 e. The molecular formula is C24H23ClN3O2P. The van der Waals surface area contributed by atoms with Gasteiger partial charge in [0.15, 0.2) is 0 Å². The number of aromatic amines is 1. The van der Waals surface area contributed by atoms with Crippen molar-refractivity contribution in [3.8, 4) is 22.9 Å². The number of hydrogen-bond donors (Lipinski definition) is 1. The number of rotatable bonds is 4. The van der Waals surface area contributed by atoms with E-state index in [1.165, 1.54) is 11.3 Å². The third-order valence-corrected chi connectivity index (χ3v) is 6.50. The van der Waals surface area contributed by atoms with E-state index in [0.717, 1.165) is 59.5 Å². The summed E-state index contributed by atoms with van der Waals surface area (Å²) in [7, 11) is 2.72. The number of nitrogens with zero attached hydrogens (tertiary/aromatic N) is 2. The lowest BCUT2D eigenvalue weighted by atomic mass is 10.0. The summed E-state index contributed by atoms with van der Waals surface area (Å²) in [6.07, 6.45) is 0. The first-order chi connectivity index (χ1) is 15.1. The van der Waals surface area contributed by atoms with E-state index in [2.05, 4.69) is 55.3 Å². The molecule has 1 aliphatic heterocycles. The molecule has 0 saturated carbocycles. The van der Waals surface area contributed by atoms with Crippen LogP contribution in [0.25, 0.3) is 22.2 Å². The average Bonchev–Trinajstić information content (AvgIpc) is 3.17. The monoisotopic (exact) mass is 451 g/mol. The minimum absolute atomic E-state index is 0.444. The van der Waals surface area contributed by atoms with Crippen molar-refractivity contribution in [2.45, 2.75) is 6.92 Å². The van der Waals surface area contributed by atoms with E-state index in [-0.39, 0.29) is 0 Å². The maximum atomic E-state index is 6.62. The van der Waals surface area contributed by atoms with Crippen LogP contribution in [0.1, 0.15) is 5.56 Å². The maximum absolute atomic E-state index is 6.62. The number of aryl methyl sites for hydroxylation is 1. The molecule has 3 aromatic carbocycles. The van der Waals surface area contributed by atoms with Gasteiger partial charge in [0.25, 0.3) is 6.01 Å². The molecule has 31 heavy (non-hydrogen) atoms. The number of ether oxygens (including phenoxy) is 2. The van der Waals surface area contributed by atoms with Gasteiger partial charge in [-0.05, 0) is 59.8 Å². The molecule has 1 N–H and O–H groups in total. The van der Waals surface area contributed by atoms with Crippen molar-refractivity contribution in [3.63, 3.8) is 0 Å². The van der Waals surface area contributed by atoms with E-state index in [0.29, 0.717) is 11.0 Å². The molecule has 7 heteroatoms. The van der Waals surface area contributed by atoms with Gasteiger partial charge in [0.05, 0.1) is 29.3 Å². The van der Waals surface area contributed by atoms with Crippen LogP contribution in [0.15, 0.2) is 54.6 Å². The van der Waals surface area contributed by atoms with Crippen LogP contribution >= 0.6 is 20.8 Å². The summed E-state index contributed by atoms with van der Waals surface area (Å²) >= 11 is 6.62. The molecule has 5 nitrogen and oxygen atoms in total. The summed E-state index contributed by atoms with van der Waals surface area (Å²) in [5, 5.41) is 1.77. The molecule has 0 amide bonds. The molecule has 0 aliphatic carbocycles. The Bertz CT molecular complexity index is 1230. The van der Waals surface area contributed by atoms with Crippen LogP contribution in [-0.4, -0.2) is 36.3 Å². The van der Waals surface area contributed by atoms with Crippen LogP contribution in [0.5, 0.6) is 11.8 Å². The lowest BCUT2D eigenvalue weighted by molar-refractivity contribution is 0.122. The number of benzene rings is 3. The molecule has 158 valence electrons. The van der Waals surface area contributed by atoms with Gasteiger partial charge >= 0.3 is 0 Å². The summed E-state index contributed by atoms with van der Waals surface area (Å²) in [5.74, 6) is 0.736. The zero-order chi connectivity index (χ0) is 21.4. The lowest BCUT2D eigenvalue weighted by Crippen LogP contribution is -2.36. The Morgan fingerprint density at radius 3 is 2.58 bits per heavy atom. The molecule has 2 heterocycles. The number of morpholine rings is 1. The highest BCUT2D eigenvalue weighted by molar-refractivity contribution is 7.27. The minimum Gasteiger partial charge on any atom is -0.426 e.